The Morgan fingerprint density at radius 2 is 2.21 bits per heavy atom. The first-order valence-electron chi connectivity index (χ1n) is 6.40. The maximum atomic E-state index is 10.3. The minimum absolute atomic E-state index is 0.475. The number of halogens is 1. The number of aliphatic hydroxyl groups excluding tert-OH is 1. The minimum atomic E-state index is -0.572. The van der Waals surface area contributed by atoms with E-state index in [9.17, 15) is 5.11 Å². The Bertz CT molecular complexity index is 564. The van der Waals surface area contributed by atoms with E-state index in [-0.39, 0.29) is 0 Å². The minimum Gasteiger partial charge on any atom is -0.387 e. The largest absolute Gasteiger partial charge is 0.387 e. The summed E-state index contributed by atoms with van der Waals surface area (Å²) >= 11 is 7.82. The van der Waals surface area contributed by atoms with E-state index < -0.39 is 6.10 Å². The Labute approximate surface area is 122 Å². The first-order chi connectivity index (χ1) is 9.08. The molecule has 104 valence electrons. The van der Waals surface area contributed by atoms with Gasteiger partial charge in [-0.05, 0) is 20.3 Å². The second-order valence-corrected chi connectivity index (χ2v) is 5.66. The summed E-state index contributed by atoms with van der Waals surface area (Å²) in [6.45, 7) is 6.72. The Balaban J connectivity index is 2.28. The molecule has 2 rings (SSSR count). The molecule has 2 heterocycles. The number of nitrogens with zero attached hydrogens (tertiary/aromatic N) is 3. The first kappa shape index (κ1) is 14.5. The number of aryl methyl sites for hydroxylation is 3. The molecule has 1 N–H and O–H groups in total. The fraction of sp³-hybridized carbons (Fsp3) is 0.538. The second-order valence-electron chi connectivity index (χ2n) is 4.40. The highest BCUT2D eigenvalue weighted by Gasteiger charge is 2.20. The number of aliphatic hydroxyl groups is 1. The van der Waals surface area contributed by atoms with Crippen LogP contribution in [-0.2, 0) is 19.4 Å². The zero-order valence-electron chi connectivity index (χ0n) is 11.4. The van der Waals surface area contributed by atoms with Gasteiger partial charge in [-0.15, -0.1) is 11.3 Å². The molecule has 0 radical (unpaired) electrons. The van der Waals surface area contributed by atoms with Gasteiger partial charge in [0.2, 0.25) is 0 Å². The predicted octanol–water partition coefficient (Wildman–Crippen LogP) is 3.16. The van der Waals surface area contributed by atoms with Gasteiger partial charge in [0.25, 0.3) is 0 Å². The van der Waals surface area contributed by atoms with E-state index in [1.165, 1.54) is 11.3 Å². The van der Waals surface area contributed by atoms with Gasteiger partial charge in [0.05, 0.1) is 38.6 Å². The fourth-order valence-corrected chi connectivity index (χ4v) is 3.25. The number of thiazole rings is 1. The van der Waals surface area contributed by atoms with Gasteiger partial charge in [-0.1, -0.05) is 18.5 Å². The van der Waals surface area contributed by atoms with E-state index in [1.807, 2.05) is 25.5 Å². The molecule has 0 bridgehead atoms. The number of hydrogen-bond donors (Lipinski definition) is 1. The molecule has 0 aliphatic carbocycles. The highest BCUT2D eigenvalue weighted by Crippen LogP contribution is 2.29. The van der Waals surface area contributed by atoms with E-state index in [4.69, 9.17) is 11.6 Å². The van der Waals surface area contributed by atoms with Crippen molar-refractivity contribution in [1.82, 2.24) is 14.8 Å². The van der Waals surface area contributed by atoms with Gasteiger partial charge in [0.1, 0.15) is 0 Å². The monoisotopic (exact) mass is 299 g/mol. The number of rotatable bonds is 5. The molecule has 0 aromatic carbocycles. The summed E-state index contributed by atoms with van der Waals surface area (Å²) in [6, 6.07) is 0. The van der Waals surface area contributed by atoms with Crippen molar-refractivity contribution in [2.75, 3.05) is 0 Å². The van der Waals surface area contributed by atoms with Crippen LogP contribution in [0.1, 0.15) is 41.9 Å². The van der Waals surface area contributed by atoms with Gasteiger partial charge < -0.3 is 5.11 Å². The fourth-order valence-electron chi connectivity index (χ4n) is 2.12. The van der Waals surface area contributed by atoms with Crippen LogP contribution in [0.5, 0.6) is 0 Å². The van der Waals surface area contributed by atoms with Crippen LogP contribution in [0.2, 0.25) is 5.02 Å². The summed E-state index contributed by atoms with van der Waals surface area (Å²) in [7, 11) is 0. The van der Waals surface area contributed by atoms with Crippen LogP contribution in [0.25, 0.3) is 0 Å². The second kappa shape index (κ2) is 6.03. The lowest BCUT2D eigenvalue weighted by molar-refractivity contribution is 0.178. The van der Waals surface area contributed by atoms with E-state index in [2.05, 4.69) is 10.1 Å². The van der Waals surface area contributed by atoms with Crippen molar-refractivity contribution in [2.45, 2.75) is 46.3 Å². The third-order valence-electron chi connectivity index (χ3n) is 3.17. The van der Waals surface area contributed by atoms with E-state index in [0.29, 0.717) is 11.4 Å². The molecule has 0 spiro atoms. The molecule has 1 atom stereocenters. The highest BCUT2D eigenvalue weighted by atomic mass is 35.5. The molecule has 0 amide bonds. The smallest absolute Gasteiger partial charge is 0.0956 e. The van der Waals surface area contributed by atoms with Gasteiger partial charge in [-0.25, -0.2) is 4.98 Å². The van der Waals surface area contributed by atoms with Crippen LogP contribution in [0, 0.1) is 6.92 Å². The lowest BCUT2D eigenvalue weighted by Gasteiger charge is -2.11. The molecular formula is C13H18ClN3OS. The molecule has 19 heavy (non-hydrogen) atoms. The van der Waals surface area contributed by atoms with Crippen LogP contribution in [0.4, 0.5) is 0 Å². The van der Waals surface area contributed by atoms with Crippen molar-refractivity contribution < 1.29 is 5.11 Å². The van der Waals surface area contributed by atoms with Gasteiger partial charge in [0.15, 0.2) is 0 Å². The van der Waals surface area contributed by atoms with Crippen molar-refractivity contribution >= 4 is 22.9 Å². The number of hydrogen-bond acceptors (Lipinski definition) is 4. The zero-order chi connectivity index (χ0) is 14.0. The summed E-state index contributed by atoms with van der Waals surface area (Å²) in [5, 5.41) is 15.5. The Hall–Kier alpha value is -0.910. The Morgan fingerprint density at radius 1 is 1.47 bits per heavy atom. The summed E-state index contributed by atoms with van der Waals surface area (Å²) < 4.78 is 1.88. The van der Waals surface area contributed by atoms with Crippen molar-refractivity contribution in [3.8, 4) is 0 Å². The quantitative estimate of drug-likeness (QED) is 0.922. The topological polar surface area (TPSA) is 50.9 Å². The average molecular weight is 300 g/mol. The normalized spacial score (nSPS) is 12.9. The van der Waals surface area contributed by atoms with Crippen molar-refractivity contribution in [2.24, 2.45) is 0 Å². The van der Waals surface area contributed by atoms with Crippen LogP contribution in [0.15, 0.2) is 5.51 Å². The Kier molecular flexibility index (Phi) is 4.60. The summed E-state index contributed by atoms with van der Waals surface area (Å²) in [5.41, 5.74) is 4.43. The van der Waals surface area contributed by atoms with Crippen LogP contribution < -0.4 is 0 Å². The third kappa shape index (κ3) is 2.83. The van der Waals surface area contributed by atoms with Crippen LogP contribution in [-0.4, -0.2) is 19.9 Å². The molecule has 0 aliphatic rings. The molecule has 2 aromatic rings. The lowest BCUT2D eigenvalue weighted by atomic mass is 10.1. The van der Waals surface area contributed by atoms with Gasteiger partial charge in [-0.2, -0.15) is 5.10 Å². The molecule has 1 unspecified atom stereocenters. The molecule has 0 fully saturated rings. The van der Waals surface area contributed by atoms with Crippen molar-refractivity contribution in [3.05, 3.63) is 32.5 Å². The number of aromatic nitrogens is 3. The summed E-state index contributed by atoms with van der Waals surface area (Å²) in [6.07, 6.45) is 0.703. The van der Waals surface area contributed by atoms with Gasteiger partial charge >= 0.3 is 0 Å². The van der Waals surface area contributed by atoms with Gasteiger partial charge in [0, 0.05) is 13.0 Å². The van der Waals surface area contributed by atoms with Crippen molar-refractivity contribution in [3.63, 3.8) is 0 Å². The predicted molar refractivity (Wildman–Crippen MR) is 77.8 cm³/mol. The maximum Gasteiger partial charge on any atom is 0.0956 e. The lowest BCUT2D eigenvalue weighted by Crippen LogP contribution is -2.08. The molecule has 0 saturated carbocycles. The summed E-state index contributed by atoms with van der Waals surface area (Å²) in [4.78, 5) is 5.07. The van der Waals surface area contributed by atoms with Crippen LogP contribution >= 0.6 is 22.9 Å². The molecule has 6 heteroatoms. The Morgan fingerprint density at radius 3 is 2.74 bits per heavy atom. The highest BCUT2D eigenvalue weighted by molar-refractivity contribution is 7.09. The van der Waals surface area contributed by atoms with Gasteiger partial charge in [-0.3, -0.25) is 4.68 Å². The summed E-state index contributed by atoms with van der Waals surface area (Å²) in [5.74, 6) is 0. The van der Waals surface area contributed by atoms with E-state index >= 15 is 0 Å². The molecular weight excluding hydrogens is 282 g/mol. The van der Waals surface area contributed by atoms with E-state index in [1.54, 1.807) is 5.51 Å². The third-order valence-corrected chi connectivity index (χ3v) is 4.63. The molecule has 2 aromatic heterocycles. The van der Waals surface area contributed by atoms with E-state index in [0.717, 1.165) is 34.9 Å². The van der Waals surface area contributed by atoms with Crippen molar-refractivity contribution in [1.29, 1.82) is 0 Å². The van der Waals surface area contributed by atoms with Crippen LogP contribution in [0.3, 0.4) is 0 Å². The standard InChI is InChI=1S/C13H18ClN3OS/c1-4-9-12(14)10(17(5-2)16-9)6-11(18)13-8(3)15-7-19-13/h7,11,18H,4-6H2,1-3H3. The SMILES string of the molecule is CCc1nn(CC)c(CC(O)c2scnc2C)c1Cl. The zero-order valence-corrected chi connectivity index (χ0v) is 12.9. The molecule has 0 saturated heterocycles. The maximum absolute atomic E-state index is 10.3. The molecule has 0 aliphatic heterocycles. The molecule has 4 nitrogen and oxygen atoms in total. The average Bonchev–Trinajstić information content (AvgIpc) is 2.95. The first-order valence-corrected chi connectivity index (χ1v) is 7.66.